The first-order chi connectivity index (χ1) is 14.2. The molecule has 0 saturated carbocycles. The summed E-state index contributed by atoms with van der Waals surface area (Å²) in [5.41, 5.74) is 0.820. The van der Waals surface area contributed by atoms with Gasteiger partial charge in [-0.1, -0.05) is 55.4 Å². The van der Waals surface area contributed by atoms with Gasteiger partial charge in [0.25, 0.3) is 0 Å². The molecule has 2 heterocycles. The molecule has 1 aliphatic heterocycles. The van der Waals surface area contributed by atoms with Crippen molar-refractivity contribution in [3.63, 3.8) is 0 Å². The van der Waals surface area contributed by atoms with E-state index in [2.05, 4.69) is 33.9 Å². The Labute approximate surface area is 188 Å². The summed E-state index contributed by atoms with van der Waals surface area (Å²) in [6.45, 7) is 10.2. The molecule has 1 fully saturated rings. The van der Waals surface area contributed by atoms with E-state index in [1.54, 1.807) is 11.8 Å². The molecule has 1 unspecified atom stereocenters. The molecule has 2 aromatic rings. The highest BCUT2D eigenvalue weighted by Gasteiger charge is 2.32. The first-order valence-corrected chi connectivity index (χ1v) is 11.8. The molecule has 6 nitrogen and oxygen atoms in total. The molecule has 0 radical (unpaired) electrons. The highest BCUT2D eigenvalue weighted by atomic mass is 35.5. The molecule has 1 N–H and O–H groups in total. The largest absolute Gasteiger partial charge is 0.376 e. The average molecular weight is 451 g/mol. The zero-order valence-electron chi connectivity index (χ0n) is 18.2. The van der Waals surface area contributed by atoms with Gasteiger partial charge in [0.2, 0.25) is 5.91 Å². The van der Waals surface area contributed by atoms with Crippen molar-refractivity contribution in [3.05, 3.63) is 40.7 Å². The highest BCUT2D eigenvalue weighted by Crippen LogP contribution is 2.29. The third kappa shape index (κ3) is 6.22. The first kappa shape index (κ1) is 23.1. The van der Waals surface area contributed by atoms with Crippen molar-refractivity contribution in [1.29, 1.82) is 0 Å². The zero-order valence-corrected chi connectivity index (χ0v) is 19.7. The second-order valence-electron chi connectivity index (χ2n) is 8.80. The van der Waals surface area contributed by atoms with Crippen molar-refractivity contribution in [2.75, 3.05) is 6.61 Å². The van der Waals surface area contributed by atoms with Gasteiger partial charge in [-0.15, -0.1) is 10.2 Å². The van der Waals surface area contributed by atoms with Crippen LogP contribution < -0.4 is 5.32 Å². The minimum atomic E-state index is -0.250. The predicted molar refractivity (Wildman–Crippen MR) is 120 cm³/mol. The molecular weight excluding hydrogens is 420 g/mol. The van der Waals surface area contributed by atoms with Crippen molar-refractivity contribution >= 4 is 29.3 Å². The van der Waals surface area contributed by atoms with E-state index in [9.17, 15) is 4.79 Å². The molecule has 164 valence electrons. The second kappa shape index (κ2) is 10.2. The lowest BCUT2D eigenvalue weighted by molar-refractivity contribution is -0.135. The molecule has 1 aromatic heterocycles. The fraction of sp³-hybridized carbons (Fsp3) is 0.591. The van der Waals surface area contributed by atoms with Gasteiger partial charge in [-0.25, -0.2) is 0 Å². The van der Waals surface area contributed by atoms with Crippen LogP contribution in [0.3, 0.4) is 0 Å². The number of amides is 1. The van der Waals surface area contributed by atoms with Crippen molar-refractivity contribution < 1.29 is 9.53 Å². The Morgan fingerprint density at radius 2 is 2.13 bits per heavy atom. The summed E-state index contributed by atoms with van der Waals surface area (Å²) in [5.74, 6) is 1.98. The number of nitrogens with zero attached hydrogens (tertiary/aromatic N) is 3. The molecule has 3 rings (SSSR count). The van der Waals surface area contributed by atoms with E-state index in [1.807, 2.05) is 38.1 Å². The minimum absolute atomic E-state index is 0.0238. The Hall–Kier alpha value is -1.57. The molecule has 0 bridgehead atoms. The van der Waals surface area contributed by atoms with Gasteiger partial charge in [-0.3, -0.25) is 4.79 Å². The van der Waals surface area contributed by atoms with Crippen LogP contribution in [-0.2, 0) is 28.4 Å². The summed E-state index contributed by atoms with van der Waals surface area (Å²) in [6.07, 6.45) is 1.49. The topological polar surface area (TPSA) is 69.0 Å². The molecule has 30 heavy (non-hydrogen) atoms. The number of benzene rings is 1. The fourth-order valence-electron chi connectivity index (χ4n) is 3.63. The third-order valence-electron chi connectivity index (χ3n) is 5.14. The van der Waals surface area contributed by atoms with Crippen molar-refractivity contribution in [1.82, 2.24) is 20.1 Å². The van der Waals surface area contributed by atoms with Crippen LogP contribution in [0.2, 0.25) is 5.02 Å². The third-order valence-corrected chi connectivity index (χ3v) is 6.53. The SMILES string of the molecule is CC(C)Cn1c(CNC(=O)C2CCOC(C)(C)C2)nnc1SCc1ccccc1Cl. The van der Waals surface area contributed by atoms with Crippen LogP contribution in [0.1, 0.15) is 51.9 Å². The molecule has 8 heteroatoms. The van der Waals surface area contributed by atoms with E-state index < -0.39 is 0 Å². The summed E-state index contributed by atoms with van der Waals surface area (Å²) in [6, 6.07) is 7.83. The number of hydrogen-bond donors (Lipinski definition) is 1. The average Bonchev–Trinajstić information content (AvgIpc) is 3.05. The maximum atomic E-state index is 12.7. The van der Waals surface area contributed by atoms with Gasteiger partial charge in [0.05, 0.1) is 12.1 Å². The van der Waals surface area contributed by atoms with E-state index in [1.165, 1.54) is 0 Å². The minimum Gasteiger partial charge on any atom is -0.376 e. The van der Waals surface area contributed by atoms with Crippen molar-refractivity contribution in [3.8, 4) is 0 Å². The van der Waals surface area contributed by atoms with Gasteiger partial charge in [-0.2, -0.15) is 0 Å². The van der Waals surface area contributed by atoms with Crippen LogP contribution in [0.5, 0.6) is 0 Å². The first-order valence-electron chi connectivity index (χ1n) is 10.4. The van der Waals surface area contributed by atoms with E-state index in [-0.39, 0.29) is 17.4 Å². The lowest BCUT2D eigenvalue weighted by Gasteiger charge is -2.34. The monoisotopic (exact) mass is 450 g/mol. The Kier molecular flexibility index (Phi) is 7.82. The van der Waals surface area contributed by atoms with E-state index in [4.69, 9.17) is 16.3 Å². The molecule has 1 aliphatic rings. The molecule has 0 aliphatic carbocycles. The summed E-state index contributed by atoms with van der Waals surface area (Å²) >= 11 is 7.90. The molecule has 1 saturated heterocycles. The van der Waals surface area contributed by atoms with Gasteiger partial charge < -0.3 is 14.6 Å². The Bertz CT molecular complexity index is 869. The molecule has 1 aromatic carbocycles. The highest BCUT2D eigenvalue weighted by molar-refractivity contribution is 7.98. The number of aromatic nitrogens is 3. The lowest BCUT2D eigenvalue weighted by Crippen LogP contribution is -2.41. The number of carbonyl (C=O) groups is 1. The van der Waals surface area contributed by atoms with E-state index in [0.29, 0.717) is 19.1 Å². The number of thioether (sulfide) groups is 1. The van der Waals surface area contributed by atoms with Gasteiger partial charge in [-0.05, 0) is 44.2 Å². The normalized spacial score (nSPS) is 18.5. The van der Waals surface area contributed by atoms with Crippen LogP contribution in [0.4, 0.5) is 0 Å². The van der Waals surface area contributed by atoms with Crippen LogP contribution >= 0.6 is 23.4 Å². The number of hydrogen-bond acceptors (Lipinski definition) is 5. The Balaban J connectivity index is 1.65. The van der Waals surface area contributed by atoms with Crippen LogP contribution in [0.25, 0.3) is 0 Å². The zero-order chi connectivity index (χ0) is 21.7. The molecule has 1 amide bonds. The van der Waals surface area contributed by atoms with Crippen LogP contribution in [0, 0.1) is 11.8 Å². The van der Waals surface area contributed by atoms with Gasteiger partial charge in [0, 0.05) is 29.8 Å². The number of nitrogens with one attached hydrogen (secondary N) is 1. The summed E-state index contributed by atoms with van der Waals surface area (Å²) in [7, 11) is 0. The number of rotatable bonds is 8. The molecular formula is C22H31ClN4O2S. The van der Waals surface area contributed by atoms with Crippen molar-refractivity contribution in [2.45, 2.75) is 70.1 Å². The standard InChI is InChI=1S/C22H31ClN4O2S/c1-15(2)13-27-19(12-24-20(28)16-9-10-29-22(3,4)11-16)25-26-21(27)30-14-17-7-5-6-8-18(17)23/h5-8,15-16H,9-14H2,1-4H3,(H,24,28). The summed E-state index contributed by atoms with van der Waals surface area (Å²) in [4.78, 5) is 12.7. The second-order valence-corrected chi connectivity index (χ2v) is 10.1. The molecule has 0 spiro atoms. The number of halogens is 1. The van der Waals surface area contributed by atoms with E-state index >= 15 is 0 Å². The predicted octanol–water partition coefficient (Wildman–Crippen LogP) is 4.70. The van der Waals surface area contributed by atoms with Gasteiger partial charge in [0.1, 0.15) is 0 Å². The fourth-order valence-corrected chi connectivity index (χ4v) is 4.88. The summed E-state index contributed by atoms with van der Waals surface area (Å²) in [5, 5.41) is 13.4. The number of carbonyl (C=O) groups excluding carboxylic acids is 1. The van der Waals surface area contributed by atoms with Crippen LogP contribution in [-0.4, -0.2) is 32.9 Å². The quantitative estimate of drug-likeness (QED) is 0.590. The van der Waals surface area contributed by atoms with Gasteiger partial charge >= 0.3 is 0 Å². The Morgan fingerprint density at radius 1 is 1.37 bits per heavy atom. The maximum absolute atomic E-state index is 12.7. The van der Waals surface area contributed by atoms with Crippen LogP contribution in [0.15, 0.2) is 29.4 Å². The summed E-state index contributed by atoms with van der Waals surface area (Å²) < 4.78 is 7.84. The van der Waals surface area contributed by atoms with E-state index in [0.717, 1.165) is 46.7 Å². The smallest absolute Gasteiger partial charge is 0.223 e. The van der Waals surface area contributed by atoms with Gasteiger partial charge in [0.15, 0.2) is 11.0 Å². The molecule has 1 atom stereocenters. The number of ether oxygens (including phenoxy) is 1. The Morgan fingerprint density at radius 3 is 2.83 bits per heavy atom. The van der Waals surface area contributed by atoms with Crippen molar-refractivity contribution in [2.24, 2.45) is 11.8 Å². The maximum Gasteiger partial charge on any atom is 0.223 e. The lowest BCUT2D eigenvalue weighted by atomic mass is 9.88.